The first kappa shape index (κ1) is 12.5. The smallest absolute Gasteiger partial charge is 0.321 e. The largest absolute Gasteiger partial charge is 0.508 e. The van der Waals surface area contributed by atoms with Crippen LogP contribution in [0.2, 0.25) is 0 Å². The van der Waals surface area contributed by atoms with Crippen LogP contribution in [0.3, 0.4) is 0 Å². The molecule has 7 heteroatoms. The molecule has 0 aliphatic heterocycles. The van der Waals surface area contributed by atoms with Crippen LogP contribution in [0.1, 0.15) is 0 Å². The Kier molecular flexibility index (Phi) is 3.51. The maximum absolute atomic E-state index is 11.6. The number of rotatable bonds is 4. The van der Waals surface area contributed by atoms with Crippen molar-refractivity contribution in [3.63, 3.8) is 0 Å². The van der Waals surface area contributed by atoms with Crippen molar-refractivity contribution in [3.8, 4) is 5.75 Å². The number of benzene rings is 1. The lowest BCUT2D eigenvalue weighted by molar-refractivity contribution is -0.137. The van der Waals surface area contributed by atoms with Crippen LogP contribution in [0, 0.1) is 0 Å². The van der Waals surface area contributed by atoms with Gasteiger partial charge in [0.25, 0.3) is 0 Å². The summed E-state index contributed by atoms with van der Waals surface area (Å²) in [7, 11) is -3.74. The van der Waals surface area contributed by atoms with E-state index in [0.29, 0.717) is 0 Å². The number of aromatic hydroxyl groups is 1. The molecule has 1 aromatic rings. The molecule has 0 radical (unpaired) electrons. The van der Waals surface area contributed by atoms with Gasteiger partial charge in [-0.1, -0.05) is 0 Å². The van der Waals surface area contributed by atoms with Crippen LogP contribution in [0.25, 0.3) is 0 Å². The van der Waals surface area contributed by atoms with E-state index in [0.717, 1.165) is 0 Å². The average Bonchev–Trinajstić information content (AvgIpc) is 2.17. The molecule has 1 rings (SSSR count). The quantitative estimate of drug-likeness (QED) is 0.663. The van der Waals surface area contributed by atoms with Gasteiger partial charge in [0, 0.05) is 0 Å². The minimum absolute atomic E-state index is 0.0676. The maximum atomic E-state index is 11.6. The monoisotopic (exact) mass is 245 g/mol. The molecule has 16 heavy (non-hydrogen) atoms. The first-order valence-electron chi connectivity index (χ1n) is 4.33. The number of hydrogen-bond donors (Lipinski definition) is 3. The molecule has 88 valence electrons. The van der Waals surface area contributed by atoms with E-state index in [4.69, 9.17) is 15.9 Å². The Morgan fingerprint density at radius 2 is 1.81 bits per heavy atom. The zero-order valence-corrected chi connectivity index (χ0v) is 9.02. The third-order valence-corrected chi connectivity index (χ3v) is 3.70. The molecule has 0 saturated carbocycles. The summed E-state index contributed by atoms with van der Waals surface area (Å²) in [6.07, 6.45) is 0. The number of nitrogens with two attached hydrogens (primary N) is 1. The third kappa shape index (κ3) is 2.94. The van der Waals surface area contributed by atoms with Gasteiger partial charge in [-0.05, 0) is 24.3 Å². The number of phenolic OH excluding ortho intramolecular Hbond substituents is 1. The van der Waals surface area contributed by atoms with Crippen molar-refractivity contribution < 1.29 is 23.4 Å². The van der Waals surface area contributed by atoms with Gasteiger partial charge in [-0.25, -0.2) is 8.42 Å². The summed E-state index contributed by atoms with van der Waals surface area (Å²) in [5, 5.41) is 17.5. The number of phenols is 1. The Morgan fingerprint density at radius 1 is 1.31 bits per heavy atom. The SMILES string of the molecule is NC(CS(=O)(=O)c1ccc(O)cc1)C(=O)O. The fraction of sp³-hybridized carbons (Fsp3) is 0.222. The minimum atomic E-state index is -3.74. The Bertz CT molecular complexity index is 479. The predicted octanol–water partition coefficient (Wildman–Crippen LogP) is -0.422. The molecule has 0 fully saturated rings. The molecule has 4 N–H and O–H groups in total. The Morgan fingerprint density at radius 3 is 2.25 bits per heavy atom. The molecule has 0 aromatic heterocycles. The van der Waals surface area contributed by atoms with Gasteiger partial charge in [0.1, 0.15) is 11.8 Å². The van der Waals surface area contributed by atoms with Gasteiger partial charge in [0.05, 0.1) is 10.6 Å². The van der Waals surface area contributed by atoms with Crippen LogP contribution in [0.15, 0.2) is 29.2 Å². The maximum Gasteiger partial charge on any atom is 0.321 e. The molecule has 0 aliphatic rings. The van der Waals surface area contributed by atoms with E-state index < -0.39 is 27.6 Å². The van der Waals surface area contributed by atoms with Crippen LogP contribution in [0.4, 0.5) is 0 Å². The summed E-state index contributed by atoms with van der Waals surface area (Å²) < 4.78 is 23.3. The van der Waals surface area contributed by atoms with Gasteiger partial charge in [-0.15, -0.1) is 0 Å². The number of aliphatic carboxylic acids is 1. The Hall–Kier alpha value is -1.60. The molecule has 0 aliphatic carbocycles. The second kappa shape index (κ2) is 4.50. The van der Waals surface area contributed by atoms with Gasteiger partial charge < -0.3 is 15.9 Å². The highest BCUT2D eigenvalue weighted by Crippen LogP contribution is 2.16. The fourth-order valence-corrected chi connectivity index (χ4v) is 2.42. The van der Waals surface area contributed by atoms with Crippen molar-refractivity contribution in [1.82, 2.24) is 0 Å². The van der Waals surface area contributed by atoms with Crippen LogP contribution in [-0.2, 0) is 14.6 Å². The first-order valence-corrected chi connectivity index (χ1v) is 5.98. The Labute approximate surface area is 92.2 Å². The van der Waals surface area contributed by atoms with Crippen molar-refractivity contribution in [2.75, 3.05) is 5.75 Å². The van der Waals surface area contributed by atoms with Crippen molar-refractivity contribution in [2.45, 2.75) is 10.9 Å². The summed E-state index contributed by atoms with van der Waals surface area (Å²) in [6.45, 7) is 0. The van der Waals surface area contributed by atoms with E-state index in [1.807, 2.05) is 0 Å². The number of hydrogen-bond acceptors (Lipinski definition) is 5. The summed E-state index contributed by atoms with van der Waals surface area (Å²) in [4.78, 5) is 10.4. The van der Waals surface area contributed by atoms with Crippen molar-refractivity contribution in [3.05, 3.63) is 24.3 Å². The Balaban J connectivity index is 2.94. The fourth-order valence-electron chi connectivity index (χ4n) is 1.06. The molecule has 1 unspecified atom stereocenters. The standard InChI is InChI=1S/C9H11NO5S/c10-8(9(12)13)5-16(14,15)7-3-1-6(11)2-4-7/h1-4,8,11H,5,10H2,(H,12,13). The zero-order valence-electron chi connectivity index (χ0n) is 8.20. The first-order chi connectivity index (χ1) is 7.33. The minimum Gasteiger partial charge on any atom is -0.508 e. The van der Waals surface area contributed by atoms with Crippen molar-refractivity contribution >= 4 is 15.8 Å². The number of sulfone groups is 1. The molecule has 0 bridgehead atoms. The van der Waals surface area contributed by atoms with Gasteiger partial charge in [-0.2, -0.15) is 0 Å². The summed E-state index contributed by atoms with van der Waals surface area (Å²) >= 11 is 0. The molecule has 6 nitrogen and oxygen atoms in total. The summed E-state index contributed by atoms with van der Waals surface area (Å²) in [5.74, 6) is -2.11. The highest BCUT2D eigenvalue weighted by molar-refractivity contribution is 7.91. The number of carboxylic acid groups (broad SMARTS) is 1. The number of carbonyl (C=O) groups is 1. The van der Waals surface area contributed by atoms with E-state index >= 15 is 0 Å². The lowest BCUT2D eigenvalue weighted by Gasteiger charge is -2.07. The van der Waals surface area contributed by atoms with E-state index in [-0.39, 0.29) is 10.6 Å². The molecular weight excluding hydrogens is 234 g/mol. The van der Waals surface area contributed by atoms with E-state index in [1.165, 1.54) is 24.3 Å². The summed E-state index contributed by atoms with van der Waals surface area (Å²) in [5.41, 5.74) is 5.14. The third-order valence-electron chi connectivity index (χ3n) is 1.91. The number of carboxylic acids is 1. The second-order valence-corrected chi connectivity index (χ2v) is 5.25. The van der Waals surface area contributed by atoms with Gasteiger partial charge >= 0.3 is 5.97 Å². The topological polar surface area (TPSA) is 118 Å². The lowest BCUT2D eigenvalue weighted by atomic mass is 10.3. The predicted molar refractivity (Wildman–Crippen MR) is 55.8 cm³/mol. The van der Waals surface area contributed by atoms with Crippen LogP contribution in [0.5, 0.6) is 5.75 Å². The van der Waals surface area contributed by atoms with Crippen molar-refractivity contribution in [2.24, 2.45) is 5.73 Å². The molecule has 1 atom stereocenters. The van der Waals surface area contributed by atoms with Crippen LogP contribution >= 0.6 is 0 Å². The lowest BCUT2D eigenvalue weighted by Crippen LogP contribution is -2.37. The zero-order chi connectivity index (χ0) is 12.3. The second-order valence-electron chi connectivity index (χ2n) is 3.22. The van der Waals surface area contributed by atoms with Crippen molar-refractivity contribution in [1.29, 1.82) is 0 Å². The normalized spacial score (nSPS) is 13.3. The van der Waals surface area contributed by atoms with Crippen LogP contribution in [-0.4, -0.2) is 36.4 Å². The highest BCUT2D eigenvalue weighted by Gasteiger charge is 2.23. The van der Waals surface area contributed by atoms with E-state index in [9.17, 15) is 13.2 Å². The van der Waals surface area contributed by atoms with E-state index in [1.54, 1.807) is 0 Å². The van der Waals surface area contributed by atoms with Gasteiger partial charge in [0.2, 0.25) is 0 Å². The summed E-state index contributed by atoms with van der Waals surface area (Å²) in [6, 6.07) is 3.34. The molecule has 0 amide bonds. The van der Waals surface area contributed by atoms with Gasteiger partial charge in [-0.3, -0.25) is 4.79 Å². The van der Waals surface area contributed by atoms with Crippen LogP contribution < -0.4 is 5.73 Å². The molecular formula is C9H11NO5S. The average molecular weight is 245 g/mol. The molecule has 1 aromatic carbocycles. The molecule has 0 spiro atoms. The van der Waals surface area contributed by atoms with Gasteiger partial charge in [0.15, 0.2) is 9.84 Å². The van der Waals surface area contributed by atoms with E-state index in [2.05, 4.69) is 0 Å². The highest BCUT2D eigenvalue weighted by atomic mass is 32.2. The molecule has 0 heterocycles. The molecule has 0 saturated heterocycles.